The van der Waals surface area contributed by atoms with E-state index in [9.17, 15) is 13.2 Å². The highest BCUT2D eigenvalue weighted by Gasteiger charge is 2.29. The number of carbonyl (C=O) groups is 1. The summed E-state index contributed by atoms with van der Waals surface area (Å²) >= 11 is 6.35. The maximum absolute atomic E-state index is 13.4. The summed E-state index contributed by atoms with van der Waals surface area (Å²) in [5.74, 6) is -0.0253. The zero-order valence-electron chi connectivity index (χ0n) is 18.5. The van der Waals surface area contributed by atoms with Gasteiger partial charge in [-0.05, 0) is 49.6 Å². The van der Waals surface area contributed by atoms with Gasteiger partial charge in [-0.15, -0.1) is 0 Å². The molecule has 1 saturated heterocycles. The van der Waals surface area contributed by atoms with Crippen LogP contribution in [0.25, 0.3) is 16.9 Å². The number of imidazole rings is 1. The highest BCUT2D eigenvalue weighted by atomic mass is 35.5. The van der Waals surface area contributed by atoms with E-state index in [-0.39, 0.29) is 15.5 Å². The van der Waals surface area contributed by atoms with Crippen molar-refractivity contribution in [2.24, 2.45) is 0 Å². The quantitative estimate of drug-likeness (QED) is 0.423. The Kier molecular flexibility index (Phi) is 5.89. The number of anilines is 1. The van der Waals surface area contributed by atoms with Crippen LogP contribution in [0, 0.1) is 6.92 Å². The topological polar surface area (TPSA) is 83.8 Å². The van der Waals surface area contributed by atoms with Gasteiger partial charge in [0.15, 0.2) is 0 Å². The molecule has 0 unspecified atom stereocenters. The lowest BCUT2D eigenvalue weighted by atomic mass is 10.1. The number of hydrogen-bond acceptors (Lipinski definition) is 4. The molecule has 9 heteroatoms. The van der Waals surface area contributed by atoms with Gasteiger partial charge in [0.2, 0.25) is 10.0 Å². The van der Waals surface area contributed by atoms with Crippen LogP contribution in [0.1, 0.15) is 28.8 Å². The number of nitrogens with zero attached hydrogens (tertiary/aromatic N) is 3. The normalized spacial score (nSPS) is 14.5. The second kappa shape index (κ2) is 8.87. The Bertz CT molecular complexity index is 1490. The lowest BCUT2D eigenvalue weighted by Crippen LogP contribution is -2.28. The van der Waals surface area contributed by atoms with E-state index in [1.807, 2.05) is 60.0 Å². The smallest absolute Gasteiger partial charge is 0.258 e. The first-order valence-corrected chi connectivity index (χ1v) is 12.8. The van der Waals surface area contributed by atoms with Gasteiger partial charge in [0.25, 0.3) is 5.91 Å². The molecule has 1 aliphatic rings. The molecule has 0 spiro atoms. The summed E-state index contributed by atoms with van der Waals surface area (Å²) in [6.45, 7) is 2.91. The van der Waals surface area contributed by atoms with Gasteiger partial charge in [0.05, 0.1) is 15.5 Å². The minimum atomic E-state index is -3.69. The zero-order valence-corrected chi connectivity index (χ0v) is 20.1. The van der Waals surface area contributed by atoms with Crippen molar-refractivity contribution in [1.29, 1.82) is 0 Å². The number of rotatable bonds is 5. The van der Waals surface area contributed by atoms with Gasteiger partial charge in [-0.2, -0.15) is 4.31 Å². The van der Waals surface area contributed by atoms with Gasteiger partial charge in [-0.3, -0.25) is 9.20 Å². The van der Waals surface area contributed by atoms with E-state index in [2.05, 4.69) is 5.32 Å². The van der Waals surface area contributed by atoms with Gasteiger partial charge in [0, 0.05) is 24.8 Å². The molecule has 0 atom stereocenters. The van der Waals surface area contributed by atoms with Crippen LogP contribution in [0.3, 0.4) is 0 Å². The number of aryl methyl sites for hydroxylation is 1. The summed E-state index contributed by atoms with van der Waals surface area (Å²) < 4.78 is 29.3. The van der Waals surface area contributed by atoms with Crippen LogP contribution in [0.15, 0.2) is 71.8 Å². The Hall–Kier alpha value is -3.20. The van der Waals surface area contributed by atoms with Crippen molar-refractivity contribution in [1.82, 2.24) is 13.7 Å². The van der Waals surface area contributed by atoms with Crippen LogP contribution in [0.5, 0.6) is 0 Å². The molecule has 5 rings (SSSR count). The average molecular weight is 495 g/mol. The number of carbonyl (C=O) groups excluding carboxylic acids is 1. The number of fused-ring (bicyclic) bond motifs is 1. The van der Waals surface area contributed by atoms with E-state index in [0.29, 0.717) is 30.2 Å². The molecule has 1 fully saturated rings. The Morgan fingerprint density at radius 3 is 2.50 bits per heavy atom. The molecule has 34 heavy (non-hydrogen) atoms. The highest BCUT2D eigenvalue weighted by molar-refractivity contribution is 7.89. The number of aromatic nitrogens is 2. The van der Waals surface area contributed by atoms with Crippen molar-refractivity contribution in [3.05, 3.63) is 83.0 Å². The SMILES string of the molecule is Cc1cccn2c(NC(=O)c3cc(S(=O)(=O)N4CCCC4)ccc3Cl)c(-c3ccccc3)nc12. The maximum Gasteiger partial charge on any atom is 0.258 e. The van der Waals surface area contributed by atoms with Crippen molar-refractivity contribution in [2.75, 3.05) is 18.4 Å². The molecule has 0 aliphatic carbocycles. The molecule has 2 aromatic heterocycles. The summed E-state index contributed by atoms with van der Waals surface area (Å²) in [5.41, 5.74) is 3.21. The standard InChI is InChI=1S/C25H23ClN4O3S/c1-17-8-7-15-30-23(17)27-22(18-9-3-2-4-10-18)24(30)28-25(31)20-16-19(11-12-21(20)26)34(32,33)29-13-5-6-14-29/h2-4,7-12,15-16H,5-6,13-14H2,1H3,(H,28,31). The number of sulfonamides is 1. The third-order valence-corrected chi connectivity index (χ3v) is 8.23. The van der Waals surface area contributed by atoms with Crippen molar-refractivity contribution in [3.8, 4) is 11.3 Å². The van der Waals surface area contributed by atoms with E-state index in [0.717, 1.165) is 24.0 Å². The first-order valence-electron chi connectivity index (χ1n) is 11.0. The minimum Gasteiger partial charge on any atom is -0.306 e. The van der Waals surface area contributed by atoms with Crippen LogP contribution in [-0.2, 0) is 10.0 Å². The second-order valence-electron chi connectivity index (χ2n) is 8.27. The predicted octanol–water partition coefficient (Wildman–Crippen LogP) is 5.00. The fourth-order valence-corrected chi connectivity index (χ4v) is 5.96. The maximum atomic E-state index is 13.4. The molecule has 2 aromatic carbocycles. The second-order valence-corrected chi connectivity index (χ2v) is 10.6. The first-order chi connectivity index (χ1) is 16.4. The molecule has 3 heterocycles. The van der Waals surface area contributed by atoms with Gasteiger partial charge >= 0.3 is 0 Å². The van der Waals surface area contributed by atoms with E-state index in [1.165, 1.54) is 22.5 Å². The summed E-state index contributed by atoms with van der Waals surface area (Å²) in [6.07, 6.45) is 3.49. The van der Waals surface area contributed by atoms with E-state index >= 15 is 0 Å². The molecule has 4 aromatic rings. The fourth-order valence-electron chi connectivity index (χ4n) is 4.21. The largest absolute Gasteiger partial charge is 0.306 e. The molecular weight excluding hydrogens is 472 g/mol. The summed E-state index contributed by atoms with van der Waals surface area (Å²) in [4.78, 5) is 18.2. The Labute approximate surface area is 203 Å². The summed E-state index contributed by atoms with van der Waals surface area (Å²) in [7, 11) is -3.69. The minimum absolute atomic E-state index is 0.0567. The number of pyridine rings is 1. The number of hydrogen-bond donors (Lipinski definition) is 1. The molecular formula is C25H23ClN4O3S. The molecule has 7 nitrogen and oxygen atoms in total. The Balaban J connectivity index is 1.57. The van der Waals surface area contributed by atoms with Gasteiger partial charge < -0.3 is 5.32 Å². The third-order valence-electron chi connectivity index (χ3n) is 6.01. The van der Waals surface area contributed by atoms with E-state index in [4.69, 9.17) is 16.6 Å². The first kappa shape index (κ1) is 22.6. The predicted molar refractivity (Wildman–Crippen MR) is 133 cm³/mol. The number of halogens is 1. The lowest BCUT2D eigenvalue weighted by Gasteiger charge is -2.16. The number of benzene rings is 2. The molecule has 0 saturated carbocycles. The van der Waals surface area contributed by atoms with Crippen LogP contribution < -0.4 is 5.32 Å². The lowest BCUT2D eigenvalue weighted by molar-refractivity contribution is 0.102. The van der Waals surface area contributed by atoms with Crippen molar-refractivity contribution in [3.63, 3.8) is 0 Å². The number of amides is 1. The Morgan fingerprint density at radius 1 is 1.03 bits per heavy atom. The summed E-state index contributed by atoms with van der Waals surface area (Å²) in [6, 6.07) is 17.6. The summed E-state index contributed by atoms with van der Waals surface area (Å²) in [5, 5.41) is 3.10. The van der Waals surface area contributed by atoms with Gasteiger partial charge in [-0.25, -0.2) is 13.4 Å². The van der Waals surface area contributed by atoms with Gasteiger partial charge in [0.1, 0.15) is 17.2 Å². The van der Waals surface area contributed by atoms with E-state index in [1.54, 1.807) is 0 Å². The molecule has 1 amide bonds. The Morgan fingerprint density at radius 2 is 1.76 bits per heavy atom. The molecule has 1 aliphatic heterocycles. The number of nitrogens with one attached hydrogen (secondary N) is 1. The average Bonchev–Trinajstić information content (AvgIpc) is 3.50. The monoisotopic (exact) mass is 494 g/mol. The molecule has 0 bridgehead atoms. The molecule has 174 valence electrons. The van der Waals surface area contributed by atoms with Gasteiger partial charge in [-0.1, -0.05) is 48.0 Å². The van der Waals surface area contributed by atoms with Crippen LogP contribution in [-0.4, -0.2) is 41.1 Å². The zero-order chi connectivity index (χ0) is 23.9. The molecule has 0 radical (unpaired) electrons. The van der Waals surface area contributed by atoms with Crippen LogP contribution >= 0.6 is 11.6 Å². The van der Waals surface area contributed by atoms with Crippen molar-refractivity contribution < 1.29 is 13.2 Å². The highest BCUT2D eigenvalue weighted by Crippen LogP contribution is 2.31. The van der Waals surface area contributed by atoms with Crippen molar-refractivity contribution >= 4 is 39.0 Å². The molecule has 1 N–H and O–H groups in total. The third kappa shape index (κ3) is 3.98. The fraction of sp³-hybridized carbons (Fsp3) is 0.200. The van der Waals surface area contributed by atoms with Crippen LogP contribution in [0.4, 0.5) is 5.82 Å². The van der Waals surface area contributed by atoms with Crippen molar-refractivity contribution in [2.45, 2.75) is 24.7 Å². The van der Waals surface area contributed by atoms with Crippen LogP contribution in [0.2, 0.25) is 5.02 Å². The van der Waals surface area contributed by atoms with E-state index < -0.39 is 15.9 Å².